The summed E-state index contributed by atoms with van der Waals surface area (Å²) in [5, 5.41) is 7.55. The lowest BCUT2D eigenvalue weighted by atomic mass is 9.82. The number of nitrogens with one attached hydrogen (secondary N) is 1. The third-order valence-corrected chi connectivity index (χ3v) is 4.19. The molecule has 1 aromatic rings. The molecule has 2 unspecified atom stereocenters. The van der Waals surface area contributed by atoms with Crippen LogP contribution < -0.4 is 5.32 Å². The topological polar surface area (TPSA) is 51.0 Å². The molecule has 3 rings (SSSR count). The fourth-order valence-corrected chi connectivity index (χ4v) is 2.88. The van der Waals surface area contributed by atoms with Crippen LogP contribution in [-0.2, 0) is 6.54 Å². The molecule has 1 N–H and O–H groups in total. The molecule has 2 saturated carbocycles. The normalized spacial score (nSPS) is 28.5. The van der Waals surface area contributed by atoms with E-state index in [2.05, 4.69) is 22.4 Å². The Morgan fingerprint density at radius 1 is 1.28 bits per heavy atom. The molecule has 1 aromatic heterocycles. The predicted octanol–water partition coefficient (Wildman–Crippen LogP) is 2.86. The van der Waals surface area contributed by atoms with E-state index >= 15 is 0 Å². The molecule has 0 aromatic carbocycles. The van der Waals surface area contributed by atoms with Gasteiger partial charge in [0.05, 0.1) is 6.54 Å². The van der Waals surface area contributed by atoms with Crippen molar-refractivity contribution < 1.29 is 4.52 Å². The lowest BCUT2D eigenvalue weighted by Crippen LogP contribution is -2.16. The Kier molecular flexibility index (Phi) is 3.64. The molecule has 0 saturated heterocycles. The second kappa shape index (κ2) is 5.39. The molecule has 2 fully saturated rings. The molecule has 18 heavy (non-hydrogen) atoms. The van der Waals surface area contributed by atoms with Crippen molar-refractivity contribution in [3.63, 3.8) is 0 Å². The minimum Gasteiger partial charge on any atom is -0.338 e. The van der Waals surface area contributed by atoms with Crippen LogP contribution in [0.5, 0.6) is 0 Å². The first-order chi connectivity index (χ1) is 8.81. The highest BCUT2D eigenvalue weighted by Crippen LogP contribution is 2.34. The van der Waals surface area contributed by atoms with Gasteiger partial charge in [0, 0.05) is 5.92 Å². The van der Waals surface area contributed by atoms with Gasteiger partial charge >= 0.3 is 0 Å². The lowest BCUT2D eigenvalue weighted by molar-refractivity contribution is 0.318. The fraction of sp³-hybridized carbons (Fsp3) is 0.857. The maximum Gasteiger partial charge on any atom is 0.240 e. The van der Waals surface area contributed by atoms with Crippen molar-refractivity contribution in [1.82, 2.24) is 15.5 Å². The molecule has 0 aliphatic heterocycles. The van der Waals surface area contributed by atoms with E-state index in [4.69, 9.17) is 4.52 Å². The van der Waals surface area contributed by atoms with Crippen LogP contribution >= 0.6 is 0 Å². The molecular formula is C14H23N3O. The Hall–Kier alpha value is -0.900. The first kappa shape index (κ1) is 12.2. The van der Waals surface area contributed by atoms with Gasteiger partial charge in [-0.25, -0.2) is 0 Å². The van der Waals surface area contributed by atoms with Gasteiger partial charge in [0.15, 0.2) is 5.82 Å². The van der Waals surface area contributed by atoms with Gasteiger partial charge in [0.2, 0.25) is 5.89 Å². The summed E-state index contributed by atoms with van der Waals surface area (Å²) in [5.74, 6) is 3.91. The SMILES string of the molecule is CC1CCCC(c2noc(CNCC3CC3)n2)C1. The molecule has 2 atom stereocenters. The predicted molar refractivity (Wildman–Crippen MR) is 69.1 cm³/mol. The maximum absolute atomic E-state index is 5.33. The third kappa shape index (κ3) is 3.10. The summed E-state index contributed by atoms with van der Waals surface area (Å²) in [6.07, 6.45) is 7.84. The van der Waals surface area contributed by atoms with Gasteiger partial charge in [-0.3, -0.25) is 0 Å². The van der Waals surface area contributed by atoms with E-state index in [1.807, 2.05) is 0 Å². The zero-order valence-corrected chi connectivity index (χ0v) is 11.2. The Morgan fingerprint density at radius 3 is 2.94 bits per heavy atom. The fourth-order valence-electron chi connectivity index (χ4n) is 2.88. The smallest absolute Gasteiger partial charge is 0.240 e. The molecule has 4 nitrogen and oxygen atoms in total. The van der Waals surface area contributed by atoms with E-state index in [0.717, 1.165) is 36.6 Å². The molecule has 2 aliphatic carbocycles. The van der Waals surface area contributed by atoms with Crippen LogP contribution in [0, 0.1) is 11.8 Å². The van der Waals surface area contributed by atoms with E-state index in [1.54, 1.807) is 0 Å². The van der Waals surface area contributed by atoms with Crippen LogP contribution in [0.25, 0.3) is 0 Å². The Morgan fingerprint density at radius 2 is 2.17 bits per heavy atom. The van der Waals surface area contributed by atoms with Crippen LogP contribution in [0.2, 0.25) is 0 Å². The number of hydrogen-bond donors (Lipinski definition) is 1. The van der Waals surface area contributed by atoms with E-state index in [-0.39, 0.29) is 0 Å². The minimum absolute atomic E-state index is 0.523. The van der Waals surface area contributed by atoms with Gasteiger partial charge in [0.1, 0.15) is 0 Å². The lowest BCUT2D eigenvalue weighted by Gasteiger charge is -2.23. The van der Waals surface area contributed by atoms with E-state index in [9.17, 15) is 0 Å². The first-order valence-corrected chi connectivity index (χ1v) is 7.34. The average Bonchev–Trinajstić information content (AvgIpc) is 3.06. The summed E-state index contributed by atoms with van der Waals surface area (Å²) >= 11 is 0. The van der Waals surface area contributed by atoms with Gasteiger partial charge in [-0.05, 0) is 44.1 Å². The molecule has 2 aliphatic rings. The summed E-state index contributed by atoms with van der Waals surface area (Å²) in [5.41, 5.74) is 0. The summed E-state index contributed by atoms with van der Waals surface area (Å²) < 4.78 is 5.33. The van der Waals surface area contributed by atoms with Crippen molar-refractivity contribution in [2.24, 2.45) is 11.8 Å². The summed E-state index contributed by atoms with van der Waals surface area (Å²) in [6.45, 7) is 4.15. The Bertz CT molecular complexity index is 386. The zero-order valence-electron chi connectivity index (χ0n) is 11.2. The average molecular weight is 249 g/mol. The van der Waals surface area contributed by atoms with Crippen LogP contribution in [0.15, 0.2) is 4.52 Å². The number of hydrogen-bond acceptors (Lipinski definition) is 4. The molecule has 0 spiro atoms. The molecular weight excluding hydrogens is 226 g/mol. The zero-order chi connectivity index (χ0) is 12.4. The van der Waals surface area contributed by atoms with Crippen LogP contribution in [-0.4, -0.2) is 16.7 Å². The summed E-state index contributed by atoms with van der Waals surface area (Å²) in [7, 11) is 0. The van der Waals surface area contributed by atoms with E-state index in [0.29, 0.717) is 5.92 Å². The van der Waals surface area contributed by atoms with Crippen molar-refractivity contribution in [2.75, 3.05) is 6.54 Å². The van der Waals surface area contributed by atoms with Crippen molar-refractivity contribution in [3.05, 3.63) is 11.7 Å². The number of rotatable bonds is 5. The van der Waals surface area contributed by atoms with Crippen molar-refractivity contribution >= 4 is 0 Å². The van der Waals surface area contributed by atoms with Gasteiger partial charge in [-0.1, -0.05) is 24.9 Å². The minimum atomic E-state index is 0.523. The Balaban J connectivity index is 1.51. The molecule has 1 heterocycles. The summed E-state index contributed by atoms with van der Waals surface area (Å²) in [4.78, 5) is 4.55. The maximum atomic E-state index is 5.33. The van der Waals surface area contributed by atoms with Gasteiger partial charge < -0.3 is 9.84 Å². The van der Waals surface area contributed by atoms with Gasteiger partial charge in [-0.15, -0.1) is 0 Å². The number of nitrogens with zero attached hydrogens (tertiary/aromatic N) is 2. The van der Waals surface area contributed by atoms with Gasteiger partial charge in [-0.2, -0.15) is 4.98 Å². The van der Waals surface area contributed by atoms with Gasteiger partial charge in [0.25, 0.3) is 0 Å². The first-order valence-electron chi connectivity index (χ1n) is 7.34. The monoisotopic (exact) mass is 249 g/mol. The Labute approximate surface area is 109 Å². The van der Waals surface area contributed by atoms with E-state index < -0.39 is 0 Å². The second-order valence-electron chi connectivity index (χ2n) is 6.09. The van der Waals surface area contributed by atoms with Crippen molar-refractivity contribution in [1.29, 1.82) is 0 Å². The third-order valence-electron chi connectivity index (χ3n) is 4.19. The number of aromatic nitrogens is 2. The van der Waals surface area contributed by atoms with Crippen LogP contribution in [0.4, 0.5) is 0 Å². The standard InChI is InChI=1S/C14H23N3O/c1-10-3-2-4-12(7-10)14-16-13(18-17-14)9-15-8-11-5-6-11/h10-12,15H,2-9H2,1H3. The second-order valence-corrected chi connectivity index (χ2v) is 6.09. The molecule has 0 bridgehead atoms. The molecule has 100 valence electrons. The van der Waals surface area contributed by atoms with Crippen molar-refractivity contribution in [2.45, 2.75) is 57.9 Å². The molecule has 0 amide bonds. The largest absolute Gasteiger partial charge is 0.338 e. The molecule has 0 radical (unpaired) electrons. The van der Waals surface area contributed by atoms with E-state index in [1.165, 1.54) is 38.5 Å². The summed E-state index contributed by atoms with van der Waals surface area (Å²) in [6, 6.07) is 0. The van der Waals surface area contributed by atoms with Crippen molar-refractivity contribution in [3.8, 4) is 0 Å². The van der Waals surface area contributed by atoms with Crippen LogP contribution in [0.3, 0.4) is 0 Å². The highest BCUT2D eigenvalue weighted by molar-refractivity contribution is 4.97. The highest BCUT2D eigenvalue weighted by atomic mass is 16.5. The van der Waals surface area contributed by atoms with Crippen LogP contribution in [0.1, 0.15) is 63.1 Å². The molecule has 4 heteroatoms. The quantitative estimate of drug-likeness (QED) is 0.871. The highest BCUT2D eigenvalue weighted by Gasteiger charge is 2.25.